The molecule has 0 aliphatic carbocycles. The lowest BCUT2D eigenvalue weighted by atomic mass is 10.0. The third-order valence-corrected chi connectivity index (χ3v) is 3.83. The minimum Gasteiger partial charge on any atom is -0.480 e. The Balaban J connectivity index is 2.19. The van der Waals surface area contributed by atoms with Crippen LogP contribution in [0.4, 0.5) is 4.79 Å². The number of urea groups is 1. The molecule has 0 aromatic carbocycles. The number of likely N-dealkylation sites (tertiary alicyclic amines) is 1. The number of carbonyl (C=O) groups is 2. The summed E-state index contributed by atoms with van der Waals surface area (Å²) >= 11 is 0. The van der Waals surface area contributed by atoms with E-state index in [1.54, 1.807) is 6.92 Å². The van der Waals surface area contributed by atoms with E-state index in [4.69, 9.17) is 5.11 Å². The Morgan fingerprint density at radius 3 is 2.75 bits per heavy atom. The van der Waals surface area contributed by atoms with Gasteiger partial charge in [-0.1, -0.05) is 6.42 Å². The minimum absolute atomic E-state index is 0.245. The molecule has 1 atom stereocenters. The molecule has 1 saturated heterocycles. The van der Waals surface area contributed by atoms with E-state index < -0.39 is 5.97 Å². The molecule has 6 heteroatoms. The first kappa shape index (κ1) is 16.8. The average molecular weight is 285 g/mol. The smallest absolute Gasteiger partial charge is 0.323 e. The van der Waals surface area contributed by atoms with Crippen LogP contribution in [-0.4, -0.2) is 65.7 Å². The molecular formula is C14H27N3O3. The quantitative estimate of drug-likeness (QED) is 0.693. The molecule has 116 valence electrons. The van der Waals surface area contributed by atoms with Gasteiger partial charge in [-0.25, -0.2) is 4.79 Å². The highest BCUT2D eigenvalue weighted by Gasteiger charge is 2.18. The summed E-state index contributed by atoms with van der Waals surface area (Å²) < 4.78 is 0. The second-order valence-corrected chi connectivity index (χ2v) is 5.37. The van der Waals surface area contributed by atoms with E-state index >= 15 is 0 Å². The van der Waals surface area contributed by atoms with Crippen molar-refractivity contribution in [3.63, 3.8) is 0 Å². The number of rotatable bonds is 7. The molecule has 0 aromatic rings. The van der Waals surface area contributed by atoms with Crippen molar-refractivity contribution in [2.24, 2.45) is 0 Å². The van der Waals surface area contributed by atoms with Crippen molar-refractivity contribution in [1.82, 2.24) is 15.1 Å². The second kappa shape index (κ2) is 8.79. The number of nitrogens with zero attached hydrogens (tertiary/aromatic N) is 2. The first-order valence-electron chi connectivity index (χ1n) is 7.53. The van der Waals surface area contributed by atoms with Crippen molar-refractivity contribution < 1.29 is 14.7 Å². The maximum atomic E-state index is 11.8. The van der Waals surface area contributed by atoms with Gasteiger partial charge >= 0.3 is 12.0 Å². The Hall–Kier alpha value is -1.30. The molecule has 0 saturated carbocycles. The predicted octanol–water partition coefficient (Wildman–Crippen LogP) is 1.37. The van der Waals surface area contributed by atoms with Gasteiger partial charge in [-0.3, -0.25) is 4.79 Å². The van der Waals surface area contributed by atoms with Crippen LogP contribution in [-0.2, 0) is 4.79 Å². The van der Waals surface area contributed by atoms with Crippen LogP contribution in [0, 0.1) is 0 Å². The van der Waals surface area contributed by atoms with E-state index in [2.05, 4.69) is 17.1 Å². The molecule has 20 heavy (non-hydrogen) atoms. The topological polar surface area (TPSA) is 72.9 Å². The molecule has 2 N–H and O–H groups in total. The standard InChI is InChI=1S/C14H27N3O3/c1-3-16(11-13(18)19)14(20)15-8-6-10-17-9-5-4-7-12(17)2/h12H,3-11H2,1-2H3,(H,15,20)(H,18,19). The Bertz CT molecular complexity index is 323. The van der Waals surface area contributed by atoms with Crippen molar-refractivity contribution in [3.05, 3.63) is 0 Å². The van der Waals surface area contributed by atoms with E-state index in [9.17, 15) is 9.59 Å². The number of hydrogen-bond acceptors (Lipinski definition) is 3. The fourth-order valence-electron chi connectivity index (χ4n) is 2.57. The second-order valence-electron chi connectivity index (χ2n) is 5.37. The molecule has 1 aliphatic rings. The van der Waals surface area contributed by atoms with Gasteiger partial charge in [0, 0.05) is 25.7 Å². The monoisotopic (exact) mass is 285 g/mol. The first-order valence-corrected chi connectivity index (χ1v) is 7.53. The lowest BCUT2D eigenvalue weighted by Crippen LogP contribution is -2.44. The zero-order valence-electron chi connectivity index (χ0n) is 12.6. The van der Waals surface area contributed by atoms with Gasteiger partial charge in [0.1, 0.15) is 6.54 Å². The van der Waals surface area contributed by atoms with Crippen molar-refractivity contribution >= 4 is 12.0 Å². The normalized spacial score (nSPS) is 19.6. The van der Waals surface area contributed by atoms with E-state index in [1.165, 1.54) is 24.2 Å². The van der Waals surface area contributed by atoms with Gasteiger partial charge in [0.2, 0.25) is 0 Å². The Morgan fingerprint density at radius 2 is 2.15 bits per heavy atom. The molecule has 0 bridgehead atoms. The fraction of sp³-hybridized carbons (Fsp3) is 0.857. The average Bonchev–Trinajstić information content (AvgIpc) is 2.42. The summed E-state index contributed by atoms with van der Waals surface area (Å²) in [5.74, 6) is -0.982. The number of carboxylic acid groups (broad SMARTS) is 1. The van der Waals surface area contributed by atoms with Crippen molar-refractivity contribution in [3.8, 4) is 0 Å². The van der Waals surface area contributed by atoms with Crippen LogP contribution in [0.1, 0.15) is 39.5 Å². The number of aliphatic carboxylic acids is 1. The van der Waals surface area contributed by atoms with Crippen molar-refractivity contribution in [1.29, 1.82) is 0 Å². The summed E-state index contributed by atoms with van der Waals surface area (Å²) in [5.41, 5.74) is 0. The summed E-state index contributed by atoms with van der Waals surface area (Å²) in [6.07, 6.45) is 4.74. The lowest BCUT2D eigenvalue weighted by molar-refractivity contribution is -0.137. The van der Waals surface area contributed by atoms with Crippen LogP contribution in [0.25, 0.3) is 0 Å². The molecule has 0 radical (unpaired) electrons. The molecule has 1 heterocycles. The maximum Gasteiger partial charge on any atom is 0.323 e. The fourth-order valence-corrected chi connectivity index (χ4v) is 2.57. The molecule has 2 amide bonds. The molecule has 1 rings (SSSR count). The Kier molecular flexibility index (Phi) is 7.36. The number of nitrogens with one attached hydrogen (secondary N) is 1. The first-order chi connectivity index (χ1) is 9.54. The van der Waals surface area contributed by atoms with Crippen LogP contribution in [0.15, 0.2) is 0 Å². The van der Waals surface area contributed by atoms with Gasteiger partial charge in [0.25, 0.3) is 0 Å². The Labute approximate surface area is 121 Å². The molecule has 0 aromatic heterocycles. The van der Waals surface area contributed by atoms with Gasteiger partial charge < -0.3 is 20.2 Å². The molecule has 0 spiro atoms. The molecule has 1 unspecified atom stereocenters. The van der Waals surface area contributed by atoms with Crippen LogP contribution in [0.3, 0.4) is 0 Å². The highest BCUT2D eigenvalue weighted by molar-refractivity contribution is 5.79. The largest absolute Gasteiger partial charge is 0.480 e. The van der Waals surface area contributed by atoms with Gasteiger partial charge in [-0.15, -0.1) is 0 Å². The molecule has 1 aliphatic heterocycles. The number of likely N-dealkylation sites (N-methyl/N-ethyl adjacent to an activating group) is 1. The van der Waals surface area contributed by atoms with Gasteiger partial charge in [-0.05, 0) is 39.7 Å². The predicted molar refractivity (Wildman–Crippen MR) is 77.8 cm³/mol. The summed E-state index contributed by atoms with van der Waals surface area (Å²) in [5, 5.41) is 11.5. The summed E-state index contributed by atoms with van der Waals surface area (Å²) in [6, 6.07) is 0.347. The maximum absolute atomic E-state index is 11.8. The highest BCUT2D eigenvalue weighted by atomic mass is 16.4. The Morgan fingerprint density at radius 1 is 1.40 bits per heavy atom. The van der Waals surface area contributed by atoms with Crippen LogP contribution < -0.4 is 5.32 Å². The number of amides is 2. The highest BCUT2D eigenvalue weighted by Crippen LogP contribution is 2.15. The third-order valence-electron chi connectivity index (χ3n) is 3.83. The van der Waals surface area contributed by atoms with Crippen LogP contribution >= 0.6 is 0 Å². The number of piperidine rings is 1. The number of hydrogen-bond donors (Lipinski definition) is 2. The van der Waals surface area contributed by atoms with Crippen LogP contribution in [0.5, 0.6) is 0 Å². The minimum atomic E-state index is -0.982. The van der Waals surface area contributed by atoms with E-state index in [0.717, 1.165) is 19.5 Å². The summed E-state index contributed by atoms with van der Waals surface area (Å²) in [7, 11) is 0. The zero-order chi connectivity index (χ0) is 15.0. The molecule has 1 fully saturated rings. The molecule has 6 nitrogen and oxygen atoms in total. The van der Waals surface area contributed by atoms with E-state index in [-0.39, 0.29) is 12.6 Å². The molecular weight excluding hydrogens is 258 g/mol. The van der Waals surface area contributed by atoms with E-state index in [0.29, 0.717) is 19.1 Å². The summed E-state index contributed by atoms with van der Waals surface area (Å²) in [6.45, 7) is 6.92. The summed E-state index contributed by atoms with van der Waals surface area (Å²) in [4.78, 5) is 26.1. The third kappa shape index (κ3) is 5.77. The van der Waals surface area contributed by atoms with Crippen LogP contribution in [0.2, 0.25) is 0 Å². The number of carbonyl (C=O) groups excluding carboxylic acids is 1. The SMILES string of the molecule is CCN(CC(=O)O)C(=O)NCCCN1CCCCC1C. The zero-order valence-corrected chi connectivity index (χ0v) is 12.6. The number of carboxylic acids is 1. The van der Waals surface area contributed by atoms with E-state index in [1.807, 2.05) is 0 Å². The van der Waals surface area contributed by atoms with Gasteiger partial charge in [0.15, 0.2) is 0 Å². The van der Waals surface area contributed by atoms with Gasteiger partial charge in [0.05, 0.1) is 0 Å². The lowest BCUT2D eigenvalue weighted by Gasteiger charge is -2.33. The van der Waals surface area contributed by atoms with Crippen molar-refractivity contribution in [2.75, 3.05) is 32.7 Å². The van der Waals surface area contributed by atoms with Gasteiger partial charge in [-0.2, -0.15) is 0 Å². The van der Waals surface area contributed by atoms with Crippen molar-refractivity contribution in [2.45, 2.75) is 45.6 Å².